The van der Waals surface area contributed by atoms with E-state index in [1.807, 2.05) is 0 Å². The number of likely N-dealkylation sites (tertiary alicyclic amines) is 1. The number of benzene rings is 1. The average Bonchev–Trinajstić information content (AvgIpc) is 2.82. The molecular formula is C14H12ClF3N2O. The highest BCUT2D eigenvalue weighted by atomic mass is 35.5. The van der Waals surface area contributed by atoms with Gasteiger partial charge in [-0.3, -0.25) is 9.79 Å². The predicted octanol–water partition coefficient (Wildman–Crippen LogP) is 1.24. The minimum absolute atomic E-state index is 0.0193. The molecule has 2 aliphatic rings. The third-order valence-electron chi connectivity index (χ3n) is 3.91. The van der Waals surface area contributed by atoms with Gasteiger partial charge in [0.2, 0.25) is 5.91 Å². The van der Waals surface area contributed by atoms with Gasteiger partial charge in [0, 0.05) is 11.8 Å². The molecule has 7 heteroatoms. The standard InChI is InChI=1S/C14H12ClF3N2O/c15-7-11(21)20-6-5-9-8-3-1-2-4-10(8)19-12(9)13(20)14(16,17)18/h1-4,12-13H,5-7H2/t12-,13+/m0/s1. The van der Waals surface area contributed by atoms with Crippen molar-refractivity contribution < 1.29 is 18.0 Å². The summed E-state index contributed by atoms with van der Waals surface area (Å²) in [4.78, 5) is 16.7. The van der Waals surface area contributed by atoms with E-state index < -0.39 is 30.0 Å². The van der Waals surface area contributed by atoms with Crippen LogP contribution in [0.3, 0.4) is 0 Å². The van der Waals surface area contributed by atoms with Crippen LogP contribution in [0.15, 0.2) is 29.3 Å². The van der Waals surface area contributed by atoms with Crippen molar-refractivity contribution >= 4 is 23.1 Å². The van der Waals surface area contributed by atoms with Crippen LogP contribution in [-0.4, -0.2) is 41.5 Å². The molecule has 1 saturated heterocycles. The number of alkyl halides is 4. The molecule has 112 valence electrons. The molecule has 1 fully saturated rings. The van der Waals surface area contributed by atoms with Gasteiger partial charge < -0.3 is 4.90 Å². The first-order valence-corrected chi connectivity index (χ1v) is 7.05. The van der Waals surface area contributed by atoms with Gasteiger partial charge in [-0.1, -0.05) is 18.2 Å². The SMILES string of the molecule is O=C(CCl)N1CCC2=c3ccccc3=N[C@@H]2[C@@H]1C(F)(F)F. The second-order valence-electron chi connectivity index (χ2n) is 5.07. The van der Waals surface area contributed by atoms with E-state index in [4.69, 9.17) is 11.6 Å². The van der Waals surface area contributed by atoms with E-state index in [1.54, 1.807) is 24.3 Å². The van der Waals surface area contributed by atoms with Gasteiger partial charge in [0.1, 0.15) is 11.9 Å². The van der Waals surface area contributed by atoms with Gasteiger partial charge in [-0.2, -0.15) is 13.2 Å². The Kier molecular flexibility index (Phi) is 3.43. The molecule has 2 heterocycles. The fourth-order valence-corrected chi connectivity index (χ4v) is 3.20. The highest BCUT2D eigenvalue weighted by Gasteiger charge is 2.53. The van der Waals surface area contributed by atoms with Crippen LogP contribution >= 0.6 is 11.6 Å². The smallest absolute Gasteiger partial charge is 0.327 e. The van der Waals surface area contributed by atoms with E-state index in [1.165, 1.54) is 0 Å². The summed E-state index contributed by atoms with van der Waals surface area (Å²) < 4.78 is 40.3. The van der Waals surface area contributed by atoms with Gasteiger partial charge in [0.25, 0.3) is 0 Å². The second-order valence-corrected chi connectivity index (χ2v) is 5.34. The van der Waals surface area contributed by atoms with Crippen LogP contribution in [0.2, 0.25) is 0 Å². The fourth-order valence-electron chi connectivity index (χ4n) is 3.05. The van der Waals surface area contributed by atoms with E-state index in [0.29, 0.717) is 17.4 Å². The van der Waals surface area contributed by atoms with E-state index in [-0.39, 0.29) is 6.54 Å². The van der Waals surface area contributed by atoms with Crippen LogP contribution in [0.4, 0.5) is 13.2 Å². The van der Waals surface area contributed by atoms with Crippen LogP contribution in [-0.2, 0) is 4.79 Å². The summed E-state index contributed by atoms with van der Waals surface area (Å²) in [5.41, 5.74) is 0.659. The topological polar surface area (TPSA) is 32.7 Å². The number of para-hydroxylation sites is 1. The molecule has 1 aromatic carbocycles. The Morgan fingerprint density at radius 1 is 1.38 bits per heavy atom. The first-order chi connectivity index (χ1) is 9.93. The molecule has 0 saturated carbocycles. The zero-order valence-corrected chi connectivity index (χ0v) is 11.7. The van der Waals surface area contributed by atoms with Crippen molar-refractivity contribution in [3.63, 3.8) is 0 Å². The number of fused-ring (bicyclic) bond motifs is 2. The average molecular weight is 317 g/mol. The number of hydrogen-bond donors (Lipinski definition) is 0. The molecular weight excluding hydrogens is 305 g/mol. The summed E-state index contributed by atoms with van der Waals surface area (Å²) in [7, 11) is 0. The van der Waals surface area contributed by atoms with Gasteiger partial charge in [-0.15, -0.1) is 11.6 Å². The maximum absolute atomic E-state index is 13.4. The molecule has 0 N–H and O–H groups in total. The maximum Gasteiger partial charge on any atom is 0.411 e. The molecule has 0 bridgehead atoms. The van der Waals surface area contributed by atoms with E-state index in [0.717, 1.165) is 10.1 Å². The van der Waals surface area contributed by atoms with Crippen molar-refractivity contribution in [2.24, 2.45) is 4.99 Å². The van der Waals surface area contributed by atoms with Crippen molar-refractivity contribution in [3.8, 4) is 0 Å². The van der Waals surface area contributed by atoms with Crippen molar-refractivity contribution in [2.75, 3.05) is 12.4 Å². The summed E-state index contributed by atoms with van der Waals surface area (Å²) >= 11 is 5.44. The maximum atomic E-state index is 13.4. The highest BCUT2D eigenvalue weighted by Crippen LogP contribution is 2.37. The quantitative estimate of drug-likeness (QED) is 0.718. The molecule has 0 aromatic heterocycles. The van der Waals surface area contributed by atoms with Crippen molar-refractivity contribution in [1.29, 1.82) is 0 Å². The Labute approximate surface area is 123 Å². The lowest BCUT2D eigenvalue weighted by Crippen LogP contribution is -2.58. The zero-order valence-electron chi connectivity index (χ0n) is 10.9. The molecule has 3 rings (SSSR count). The Morgan fingerprint density at radius 3 is 2.76 bits per heavy atom. The van der Waals surface area contributed by atoms with Crippen LogP contribution in [0, 0.1) is 0 Å². The summed E-state index contributed by atoms with van der Waals surface area (Å²) in [6, 6.07) is 4.01. The molecule has 2 atom stereocenters. The number of nitrogens with zero attached hydrogens (tertiary/aromatic N) is 2. The zero-order chi connectivity index (χ0) is 15.2. The Balaban J connectivity index is 2.11. The number of halogens is 4. The molecule has 0 radical (unpaired) electrons. The summed E-state index contributed by atoms with van der Waals surface area (Å²) in [6.45, 7) is 0.0193. The first kappa shape index (κ1) is 14.4. The molecule has 0 aliphatic carbocycles. The van der Waals surface area contributed by atoms with Crippen LogP contribution < -0.4 is 10.6 Å². The molecule has 0 unspecified atom stereocenters. The molecule has 3 nitrogen and oxygen atoms in total. The molecule has 1 aromatic rings. The molecule has 0 spiro atoms. The number of carbonyl (C=O) groups is 1. The lowest BCUT2D eigenvalue weighted by molar-refractivity contribution is -0.192. The normalized spacial score (nSPS) is 24.4. The molecule has 2 aliphatic heterocycles. The second kappa shape index (κ2) is 5.02. The Hall–Kier alpha value is -1.56. The van der Waals surface area contributed by atoms with Gasteiger partial charge in [0.15, 0.2) is 6.04 Å². The van der Waals surface area contributed by atoms with E-state index in [2.05, 4.69) is 4.99 Å². The van der Waals surface area contributed by atoms with Gasteiger partial charge >= 0.3 is 6.18 Å². The summed E-state index contributed by atoms with van der Waals surface area (Å²) in [6.07, 6.45) is -4.15. The van der Waals surface area contributed by atoms with Gasteiger partial charge in [-0.05, 0) is 18.1 Å². The molecule has 1 amide bonds. The van der Waals surface area contributed by atoms with Crippen LogP contribution in [0.5, 0.6) is 0 Å². The minimum Gasteiger partial charge on any atom is -0.327 e. The number of amides is 1. The van der Waals surface area contributed by atoms with Gasteiger partial charge in [0.05, 0.1) is 5.36 Å². The largest absolute Gasteiger partial charge is 0.411 e. The predicted molar refractivity (Wildman–Crippen MR) is 71.3 cm³/mol. The number of rotatable bonds is 1. The lowest BCUT2D eigenvalue weighted by Gasteiger charge is -2.40. The fraction of sp³-hybridized carbons (Fsp3) is 0.429. The highest BCUT2D eigenvalue weighted by molar-refractivity contribution is 6.27. The van der Waals surface area contributed by atoms with Crippen molar-refractivity contribution in [1.82, 2.24) is 4.90 Å². The lowest BCUT2D eigenvalue weighted by atomic mass is 9.90. The van der Waals surface area contributed by atoms with E-state index in [9.17, 15) is 18.0 Å². The number of carbonyl (C=O) groups excluding carboxylic acids is 1. The van der Waals surface area contributed by atoms with Crippen molar-refractivity contribution in [3.05, 3.63) is 34.8 Å². The van der Waals surface area contributed by atoms with Crippen LogP contribution in [0.1, 0.15) is 6.42 Å². The minimum atomic E-state index is -4.54. The van der Waals surface area contributed by atoms with E-state index >= 15 is 0 Å². The molecule has 21 heavy (non-hydrogen) atoms. The number of piperidine rings is 1. The Bertz CT molecular complexity index is 701. The van der Waals surface area contributed by atoms with Crippen LogP contribution in [0.25, 0.3) is 5.57 Å². The third-order valence-corrected chi connectivity index (χ3v) is 4.14. The Morgan fingerprint density at radius 2 is 2.10 bits per heavy atom. The summed E-state index contributed by atoms with van der Waals surface area (Å²) in [5.74, 6) is -1.16. The van der Waals surface area contributed by atoms with Crippen molar-refractivity contribution in [2.45, 2.75) is 24.7 Å². The third kappa shape index (κ3) is 2.31. The summed E-state index contributed by atoms with van der Waals surface area (Å²) in [5, 5.41) is 1.32. The monoisotopic (exact) mass is 316 g/mol. The van der Waals surface area contributed by atoms with Gasteiger partial charge in [-0.25, -0.2) is 0 Å². The number of hydrogen-bond acceptors (Lipinski definition) is 2. The first-order valence-electron chi connectivity index (χ1n) is 6.51.